The van der Waals surface area contributed by atoms with Gasteiger partial charge in [-0.15, -0.1) is 0 Å². The van der Waals surface area contributed by atoms with Crippen molar-refractivity contribution in [1.29, 1.82) is 0 Å². The molecule has 1 N–H and O–H groups in total. The van der Waals surface area contributed by atoms with Crippen molar-refractivity contribution < 1.29 is 23.1 Å². The van der Waals surface area contributed by atoms with Crippen LogP contribution < -0.4 is 20.4 Å². The van der Waals surface area contributed by atoms with Gasteiger partial charge < -0.3 is 19.2 Å². The van der Waals surface area contributed by atoms with E-state index in [-0.39, 0.29) is 23.7 Å². The lowest BCUT2D eigenvalue weighted by molar-refractivity contribution is -0.120. The zero-order valence-electron chi connectivity index (χ0n) is 16.5. The van der Waals surface area contributed by atoms with E-state index in [1.165, 1.54) is 26.4 Å². The van der Waals surface area contributed by atoms with Crippen LogP contribution in [-0.2, 0) is 17.6 Å². The number of carbonyl (C=O) groups excluding carboxylic acids is 1. The molecule has 1 aromatic heterocycles. The number of methoxy groups -OCH3 is 2. The molecule has 1 heterocycles. The van der Waals surface area contributed by atoms with Gasteiger partial charge in [0.1, 0.15) is 22.9 Å². The van der Waals surface area contributed by atoms with Crippen molar-refractivity contribution in [2.75, 3.05) is 20.8 Å². The number of rotatable bonds is 7. The Balaban J connectivity index is 1.77. The molecule has 2 aromatic carbocycles. The van der Waals surface area contributed by atoms with Gasteiger partial charge in [0.2, 0.25) is 5.91 Å². The van der Waals surface area contributed by atoms with Crippen LogP contribution in [0.15, 0.2) is 45.6 Å². The highest BCUT2D eigenvalue weighted by molar-refractivity contribution is 5.90. The fourth-order valence-corrected chi connectivity index (χ4v) is 3.19. The Morgan fingerprint density at radius 2 is 1.86 bits per heavy atom. The van der Waals surface area contributed by atoms with E-state index in [1.54, 1.807) is 31.2 Å². The molecule has 0 saturated heterocycles. The van der Waals surface area contributed by atoms with E-state index < -0.39 is 5.63 Å². The van der Waals surface area contributed by atoms with Crippen LogP contribution in [0.1, 0.15) is 16.7 Å². The minimum Gasteiger partial charge on any atom is -0.496 e. The lowest BCUT2D eigenvalue weighted by atomic mass is 10.0. The van der Waals surface area contributed by atoms with Crippen molar-refractivity contribution in [2.45, 2.75) is 19.8 Å². The molecule has 0 saturated carbocycles. The second-order valence-corrected chi connectivity index (χ2v) is 6.60. The molecule has 1 amide bonds. The SMILES string of the molecule is COc1cc(OC)c2c(C)c(CC(=O)NCCc3ccc(F)cc3)c(=O)oc2c1. The summed E-state index contributed by atoms with van der Waals surface area (Å²) in [4.78, 5) is 24.8. The van der Waals surface area contributed by atoms with Gasteiger partial charge in [-0.2, -0.15) is 0 Å². The average molecular weight is 399 g/mol. The molecule has 0 aliphatic heterocycles. The van der Waals surface area contributed by atoms with Crippen LogP contribution >= 0.6 is 0 Å². The summed E-state index contributed by atoms with van der Waals surface area (Å²) in [6, 6.07) is 9.40. The summed E-state index contributed by atoms with van der Waals surface area (Å²) in [6.45, 7) is 2.14. The van der Waals surface area contributed by atoms with Crippen LogP contribution in [0.4, 0.5) is 4.39 Å². The van der Waals surface area contributed by atoms with E-state index in [0.29, 0.717) is 41.0 Å². The molecule has 152 valence electrons. The van der Waals surface area contributed by atoms with Gasteiger partial charge in [0.05, 0.1) is 31.6 Å². The van der Waals surface area contributed by atoms with Crippen molar-refractivity contribution in [1.82, 2.24) is 5.32 Å². The maximum Gasteiger partial charge on any atom is 0.340 e. The molecule has 0 unspecified atom stereocenters. The summed E-state index contributed by atoms with van der Waals surface area (Å²) in [5.41, 5.74) is 1.58. The molecule has 0 spiro atoms. The third-order valence-electron chi connectivity index (χ3n) is 4.76. The summed E-state index contributed by atoms with van der Waals surface area (Å²) in [6.07, 6.45) is 0.452. The number of benzene rings is 2. The maximum atomic E-state index is 12.9. The monoisotopic (exact) mass is 399 g/mol. The van der Waals surface area contributed by atoms with Crippen LogP contribution in [-0.4, -0.2) is 26.7 Å². The predicted octanol–water partition coefficient (Wildman–Crippen LogP) is 3.16. The van der Waals surface area contributed by atoms with Gasteiger partial charge in [0.15, 0.2) is 0 Å². The number of ether oxygens (including phenoxy) is 2. The molecule has 0 fully saturated rings. The number of fused-ring (bicyclic) bond motifs is 1. The Hall–Kier alpha value is -3.35. The second kappa shape index (κ2) is 8.77. The Kier molecular flexibility index (Phi) is 6.16. The smallest absolute Gasteiger partial charge is 0.340 e. The summed E-state index contributed by atoms with van der Waals surface area (Å²) >= 11 is 0. The Morgan fingerprint density at radius 1 is 1.14 bits per heavy atom. The number of halogens is 1. The van der Waals surface area contributed by atoms with Crippen LogP contribution in [0.5, 0.6) is 11.5 Å². The molecule has 6 nitrogen and oxygen atoms in total. The van der Waals surface area contributed by atoms with E-state index in [0.717, 1.165) is 5.56 Å². The summed E-state index contributed by atoms with van der Waals surface area (Å²) in [5.74, 6) is 0.403. The number of carbonyl (C=O) groups is 1. The first-order valence-corrected chi connectivity index (χ1v) is 9.12. The molecule has 3 aromatic rings. The van der Waals surface area contributed by atoms with Gasteiger partial charge in [-0.25, -0.2) is 9.18 Å². The van der Waals surface area contributed by atoms with Gasteiger partial charge in [0, 0.05) is 18.7 Å². The quantitative estimate of drug-likeness (QED) is 0.618. The number of hydrogen-bond acceptors (Lipinski definition) is 5. The standard InChI is InChI=1S/C22H22FNO5/c1-13-17(12-20(25)24-9-8-14-4-6-15(23)7-5-14)22(26)29-19-11-16(27-2)10-18(28-3)21(13)19/h4-7,10-11H,8-9,12H2,1-3H3,(H,24,25). The molecule has 7 heteroatoms. The van der Waals surface area contributed by atoms with Gasteiger partial charge in [-0.1, -0.05) is 12.1 Å². The van der Waals surface area contributed by atoms with Crippen molar-refractivity contribution in [2.24, 2.45) is 0 Å². The molecule has 0 radical (unpaired) electrons. The minimum atomic E-state index is -0.570. The fourth-order valence-electron chi connectivity index (χ4n) is 3.19. The van der Waals surface area contributed by atoms with Crippen LogP contribution in [0.3, 0.4) is 0 Å². The Labute approximate surface area is 167 Å². The summed E-state index contributed by atoms with van der Waals surface area (Å²) < 4.78 is 29.0. The largest absolute Gasteiger partial charge is 0.496 e. The lowest BCUT2D eigenvalue weighted by Crippen LogP contribution is -2.29. The normalized spacial score (nSPS) is 10.8. The summed E-state index contributed by atoms with van der Waals surface area (Å²) in [5, 5.41) is 3.41. The second-order valence-electron chi connectivity index (χ2n) is 6.60. The molecule has 3 rings (SSSR count). The maximum absolute atomic E-state index is 12.9. The highest BCUT2D eigenvalue weighted by Crippen LogP contribution is 2.33. The van der Waals surface area contributed by atoms with Crippen molar-refractivity contribution >= 4 is 16.9 Å². The lowest BCUT2D eigenvalue weighted by Gasteiger charge is -2.12. The topological polar surface area (TPSA) is 77.8 Å². The third kappa shape index (κ3) is 4.56. The van der Waals surface area contributed by atoms with Gasteiger partial charge in [-0.05, 0) is 36.6 Å². The zero-order chi connectivity index (χ0) is 21.0. The Morgan fingerprint density at radius 3 is 2.52 bits per heavy atom. The predicted molar refractivity (Wildman–Crippen MR) is 107 cm³/mol. The molecule has 0 bridgehead atoms. The molecule has 0 aliphatic rings. The van der Waals surface area contributed by atoms with E-state index in [1.807, 2.05) is 0 Å². The molecular weight excluding hydrogens is 377 g/mol. The first-order valence-electron chi connectivity index (χ1n) is 9.12. The van der Waals surface area contributed by atoms with E-state index in [4.69, 9.17) is 13.9 Å². The number of nitrogens with one attached hydrogen (secondary N) is 1. The van der Waals surface area contributed by atoms with Crippen molar-refractivity contribution in [3.63, 3.8) is 0 Å². The highest BCUT2D eigenvalue weighted by Gasteiger charge is 2.18. The number of amides is 1. The van der Waals surface area contributed by atoms with E-state index in [2.05, 4.69) is 5.32 Å². The molecular formula is C22H22FNO5. The molecule has 0 atom stereocenters. The van der Waals surface area contributed by atoms with E-state index in [9.17, 15) is 14.0 Å². The summed E-state index contributed by atoms with van der Waals surface area (Å²) in [7, 11) is 3.02. The fraction of sp³-hybridized carbons (Fsp3) is 0.273. The van der Waals surface area contributed by atoms with Crippen LogP contribution in [0.2, 0.25) is 0 Å². The highest BCUT2D eigenvalue weighted by atomic mass is 19.1. The van der Waals surface area contributed by atoms with Crippen molar-refractivity contribution in [3.8, 4) is 11.5 Å². The van der Waals surface area contributed by atoms with Crippen molar-refractivity contribution in [3.05, 3.63) is 69.3 Å². The number of aryl methyl sites for hydroxylation is 1. The molecule has 0 aliphatic carbocycles. The van der Waals surface area contributed by atoms with Gasteiger partial charge in [-0.3, -0.25) is 4.79 Å². The van der Waals surface area contributed by atoms with Crippen LogP contribution in [0.25, 0.3) is 11.0 Å². The van der Waals surface area contributed by atoms with E-state index >= 15 is 0 Å². The number of hydrogen-bond donors (Lipinski definition) is 1. The average Bonchev–Trinajstić information content (AvgIpc) is 2.71. The molecule has 29 heavy (non-hydrogen) atoms. The first-order chi connectivity index (χ1) is 13.9. The van der Waals surface area contributed by atoms with Gasteiger partial charge >= 0.3 is 5.63 Å². The van der Waals surface area contributed by atoms with Gasteiger partial charge in [0.25, 0.3) is 0 Å². The zero-order valence-corrected chi connectivity index (χ0v) is 16.5. The third-order valence-corrected chi connectivity index (χ3v) is 4.76. The Bertz CT molecular complexity index is 1090. The first kappa shape index (κ1) is 20.4. The van der Waals surface area contributed by atoms with Crippen LogP contribution in [0, 0.1) is 12.7 Å². The minimum absolute atomic E-state index is 0.108.